The standard InChI is InChI=1S/C38H49N4O8P.C35H51N4O8P.C34H47N4O8P/c1-5-27-21-38(27,51(47,48)29-17-10-8-11-18-29)40-33(43)31-20-28-23-42(31)34(44)32(37(2,3)4)39-35(45)49-19-12-7-6-9-14-25-15-13-16-26-22-41(24-30(25)26)36(46)50-28;1-7-25-18-35(25,48(44,45)22(2)3)37-30(40)28-17-26-20-39(28)31(41)29(34(4,5)6)36-32(42)46-16-11-9-8-10-13-23-14-12-15-24-19-38(21-27(23)24)33(43)47-26;1-6-24-18-34(24,47(43,44)7-2)36-29(39)27-17-25-20-38(27)30(40)28(33(3,4)5)35-31(41)45-16-11-9-8-10-13-22-14-12-15-23-19-37(21-26(22)23)32(42)46-25/h5,8,10-11,13,15-18,27-28,31-32H,1,6-7,9,12,14,19-24H2,2-4H3,(H,39,45)(H,40,43)(H,47,48);7,12,14-15,22,25-26,28-29H,1,8-11,13,16-21H2,2-6H3,(H,36,42)(H,37,40)(H,44,45);6-7,12,14-15,24-25,27-28H,1-2,8-11,13,16-21H2,3-5H3,(H,35,41)(H,36,39)(H,43,44)/t27-,28-,31+,32-,38+;25-,26-,28+,29-,35+;24-,25-,27+,28-,34+/m111/s1. The van der Waals surface area contributed by atoms with Gasteiger partial charge in [-0.2, -0.15) is 0 Å². The predicted molar refractivity (Wildman–Crippen MR) is 546 cm³/mol. The molecule has 12 aliphatic rings. The van der Waals surface area contributed by atoms with Crippen molar-refractivity contribution in [3.63, 3.8) is 0 Å². The molecule has 9 heterocycles. The largest absolute Gasteiger partial charge is 0.450 e. The molecule has 6 fully saturated rings. The number of rotatable bonds is 15. The summed E-state index contributed by atoms with van der Waals surface area (Å²) in [6.45, 7) is 37.0. The van der Waals surface area contributed by atoms with E-state index in [-0.39, 0.29) is 83.3 Å². The Morgan fingerprint density at radius 3 is 1.00 bits per heavy atom. The van der Waals surface area contributed by atoms with Gasteiger partial charge in [0.2, 0.25) is 50.2 Å². The van der Waals surface area contributed by atoms with E-state index in [9.17, 15) is 85.9 Å². The number of cyclic esters (lactones) is 3. The number of ether oxygens (including phenoxy) is 6. The van der Waals surface area contributed by atoms with Crippen LogP contribution in [0.5, 0.6) is 0 Å². The minimum Gasteiger partial charge on any atom is -0.450 e. The lowest BCUT2D eigenvalue weighted by Gasteiger charge is -2.36. The summed E-state index contributed by atoms with van der Waals surface area (Å²) in [6.07, 6.45) is 11.9. The van der Waals surface area contributed by atoms with Gasteiger partial charge in [0, 0.05) is 87.2 Å². The average molecular weight is 2080 g/mol. The Labute approximate surface area is 855 Å². The first-order valence-corrected chi connectivity index (χ1v) is 56.5. The van der Waals surface area contributed by atoms with Crippen LogP contribution in [0.2, 0.25) is 0 Å². The maximum absolute atomic E-state index is 14.4. The van der Waals surface area contributed by atoms with E-state index in [2.05, 4.69) is 76.4 Å². The molecule has 0 radical (unpaired) electrons. The summed E-state index contributed by atoms with van der Waals surface area (Å²) in [6, 6.07) is 19.8. The van der Waals surface area contributed by atoms with Gasteiger partial charge in [0.1, 0.15) is 70.4 Å². The number of aryl methyl sites for hydroxylation is 3. The molecule has 3 saturated carbocycles. The van der Waals surface area contributed by atoms with Crippen LogP contribution in [0, 0.1) is 34.0 Å². The first kappa shape index (κ1) is 111. The Balaban J connectivity index is 0.000000173. The van der Waals surface area contributed by atoms with E-state index in [4.69, 9.17) is 28.4 Å². The van der Waals surface area contributed by atoms with Crippen molar-refractivity contribution in [3.05, 3.63) is 185 Å². The zero-order valence-electron chi connectivity index (χ0n) is 86.0. The van der Waals surface area contributed by atoms with Gasteiger partial charge in [-0.05, 0) is 161 Å². The molecule has 4 aromatic rings. The van der Waals surface area contributed by atoms with Crippen molar-refractivity contribution < 1.29 is 114 Å². The Morgan fingerprint density at radius 1 is 0.404 bits per heavy atom. The number of fused-ring (bicyclic) bond motifs is 9. The van der Waals surface area contributed by atoms with Crippen molar-refractivity contribution in [2.45, 2.75) is 326 Å². The number of carbonyl (C=O) groups is 12. The number of nitrogens with zero attached hydrogens (tertiary/aromatic N) is 6. The maximum atomic E-state index is 14.4. The van der Waals surface area contributed by atoms with Crippen LogP contribution in [0.1, 0.15) is 242 Å². The van der Waals surface area contributed by atoms with Gasteiger partial charge in [-0.3, -0.25) is 57.2 Å². The normalized spacial score (nSPS) is 29.4. The van der Waals surface area contributed by atoms with Crippen molar-refractivity contribution in [2.24, 2.45) is 34.0 Å². The summed E-state index contributed by atoms with van der Waals surface area (Å²) in [5.41, 5.74) is 7.21. The molecule has 18 atom stereocenters. The predicted octanol–water partition coefficient (Wildman–Crippen LogP) is 14.8. The van der Waals surface area contributed by atoms with Crippen molar-refractivity contribution in [1.29, 1.82) is 0 Å². The van der Waals surface area contributed by atoms with Crippen molar-refractivity contribution >= 4 is 99.4 Å². The lowest BCUT2D eigenvalue weighted by Crippen LogP contribution is -2.58. The number of hydrogen-bond acceptors (Lipinski definition) is 21. The quantitative estimate of drug-likeness (QED) is 0.0303. The number of benzene rings is 4. The highest BCUT2D eigenvalue weighted by molar-refractivity contribution is 7.68. The topological polar surface area (TPSA) is 464 Å². The van der Waals surface area contributed by atoms with Crippen LogP contribution in [0.3, 0.4) is 0 Å². The first-order valence-electron chi connectivity index (χ1n) is 51.4. The van der Waals surface area contributed by atoms with Gasteiger partial charge in [-0.25, -0.2) is 28.8 Å². The minimum atomic E-state index is -4.18. The monoisotopic (exact) mass is 2080 g/mol. The SMILES string of the molecule is C=C[C@@H]1C[C@]1(NC(=O)[C@@H]1C[C@@H]2CN1C(=O)[C@H](C(C)(C)C)NC(=O)OCCCCCCc1cccc3c1CN(C3)C(=O)O2)P(=O)(O)C(C)C.C=C[C@@H]1C[C@]1(NC(=O)[C@@H]1C[C@@H]2CN1C(=O)[C@H](C(C)(C)C)NC(=O)OCCCCCCc1cccc3c1CN(C3)C(=O)O2)P(=O)(O)C=C.C=C[C@@H]1C[C@]1(NC(=O)[C@@H]1C[C@@H]2CN1C(=O)[C@H](C(C)(C)C)NC(=O)OCCCCCCc1cccc3c1CN(C3)C(=O)O2)P(=O)(O)c1ccccc1. The van der Waals surface area contributed by atoms with E-state index in [1.54, 1.807) is 133 Å². The van der Waals surface area contributed by atoms with Gasteiger partial charge < -0.3 is 89.7 Å². The van der Waals surface area contributed by atoms with Crippen molar-refractivity contribution in [3.8, 4) is 0 Å². The Bertz CT molecular complexity index is 5800. The summed E-state index contributed by atoms with van der Waals surface area (Å²) in [4.78, 5) is 207. The van der Waals surface area contributed by atoms with E-state index < -0.39 is 204 Å². The highest BCUT2D eigenvalue weighted by Gasteiger charge is 2.69. The minimum absolute atomic E-state index is 0.0110. The zero-order valence-corrected chi connectivity index (χ0v) is 88.7. The third kappa shape index (κ3) is 24.2. The molecule has 146 heavy (non-hydrogen) atoms. The lowest BCUT2D eigenvalue weighted by atomic mass is 9.85. The van der Waals surface area contributed by atoms with Crippen LogP contribution in [0.25, 0.3) is 0 Å². The molecule has 39 heteroatoms. The molecule has 4 aromatic carbocycles. The Kier molecular flexibility index (Phi) is 34.1. The van der Waals surface area contributed by atoms with Crippen molar-refractivity contribution in [2.75, 3.05) is 39.5 Å². The van der Waals surface area contributed by atoms with E-state index in [1.165, 1.54) is 37.5 Å². The highest BCUT2D eigenvalue weighted by Crippen LogP contribution is 2.73. The second-order valence-electron chi connectivity index (χ2n) is 44.5. The molecule has 794 valence electrons. The van der Waals surface area contributed by atoms with Crippen LogP contribution < -0.4 is 37.2 Å². The summed E-state index contributed by atoms with van der Waals surface area (Å²) >= 11 is 0. The van der Waals surface area contributed by atoms with Gasteiger partial charge in [0.15, 0.2) is 0 Å². The van der Waals surface area contributed by atoms with E-state index in [0.717, 1.165) is 116 Å². The molecule has 9 N–H and O–H groups in total. The fourth-order valence-electron chi connectivity index (χ4n) is 21.9. The third-order valence-electron chi connectivity index (χ3n) is 30.8. The molecule has 12 bridgehead atoms. The molecule has 3 saturated heterocycles. The molecule has 12 amide bonds. The van der Waals surface area contributed by atoms with E-state index >= 15 is 0 Å². The zero-order chi connectivity index (χ0) is 106. The first-order chi connectivity index (χ1) is 69.0. The molecule has 3 unspecified atom stereocenters. The van der Waals surface area contributed by atoms with Crippen molar-refractivity contribution in [1.82, 2.24) is 61.3 Å². The van der Waals surface area contributed by atoms with E-state index in [1.807, 2.05) is 36.4 Å². The highest BCUT2D eigenvalue weighted by atomic mass is 31.2. The molecular weight excluding hydrogens is 1930 g/mol. The summed E-state index contributed by atoms with van der Waals surface area (Å²) in [7, 11) is -12.1. The Hall–Kier alpha value is -11.2. The third-order valence-corrected chi connectivity index (χ3v) is 38.9. The van der Waals surface area contributed by atoms with Gasteiger partial charge in [-0.15, -0.1) is 19.7 Å². The van der Waals surface area contributed by atoms with Crippen LogP contribution in [-0.2, 0) is 129 Å². The Morgan fingerprint density at radius 2 is 0.699 bits per heavy atom. The summed E-state index contributed by atoms with van der Waals surface area (Å²) < 4.78 is 75.1. The molecule has 0 aromatic heterocycles. The van der Waals surface area contributed by atoms with Crippen LogP contribution in [0.4, 0.5) is 28.8 Å². The molecule has 9 aliphatic heterocycles. The second-order valence-corrected chi connectivity index (χ2v) is 52.5. The molecule has 0 spiro atoms. The number of carbonyl (C=O) groups excluding carboxylic acids is 12. The summed E-state index contributed by atoms with van der Waals surface area (Å²) in [5.74, 6) is -3.97. The molecule has 36 nitrogen and oxygen atoms in total. The number of alkyl carbamates (subject to hydrolysis) is 3. The second kappa shape index (κ2) is 45.1. The molecule has 3 aliphatic carbocycles. The molecular formula is C107H147N12O24P3. The van der Waals surface area contributed by atoms with Gasteiger partial charge in [-0.1, -0.05) is 212 Å². The number of nitrogens with one attached hydrogen (secondary N) is 6. The number of hydrogen-bond donors (Lipinski definition) is 9. The number of amides is 12. The van der Waals surface area contributed by atoms with Gasteiger partial charge in [0.05, 0.1) is 39.5 Å². The van der Waals surface area contributed by atoms with Crippen LogP contribution >= 0.6 is 22.1 Å². The average Bonchev–Trinajstić information content (AvgIpc) is 1.57. The van der Waals surface area contributed by atoms with Gasteiger partial charge >= 0.3 is 36.6 Å². The van der Waals surface area contributed by atoms with E-state index in [0.29, 0.717) is 58.5 Å². The van der Waals surface area contributed by atoms with Gasteiger partial charge in [0.25, 0.3) is 7.37 Å². The lowest BCUT2D eigenvalue weighted by molar-refractivity contribution is -0.142. The maximum Gasteiger partial charge on any atom is 0.410 e. The fourth-order valence-corrected chi connectivity index (χ4v) is 28.0. The van der Waals surface area contributed by atoms with Crippen LogP contribution in [0.15, 0.2) is 135 Å². The smallest absolute Gasteiger partial charge is 0.410 e. The molecule has 16 rings (SSSR count). The summed E-state index contributed by atoms with van der Waals surface area (Å²) in [5, 5.41) is 12.4. The van der Waals surface area contributed by atoms with Crippen LogP contribution in [-0.4, -0.2) is 232 Å². The fraction of sp³-hybridized carbons (Fsp3) is 0.589.